The van der Waals surface area contributed by atoms with Gasteiger partial charge in [0, 0.05) is 19.4 Å². The van der Waals surface area contributed by atoms with Gasteiger partial charge in [0.2, 0.25) is 5.78 Å². The van der Waals surface area contributed by atoms with E-state index in [4.69, 9.17) is 0 Å². The molecule has 0 aromatic carbocycles. The lowest BCUT2D eigenvalue weighted by molar-refractivity contribution is 0.102. The number of imidazole rings is 1. The minimum atomic E-state index is -0.0917. The second-order valence-corrected chi connectivity index (χ2v) is 4.24. The highest BCUT2D eigenvalue weighted by atomic mass is 32.1. The van der Waals surface area contributed by atoms with Crippen LogP contribution in [0.15, 0.2) is 12.4 Å². The molecule has 0 aliphatic heterocycles. The minimum absolute atomic E-state index is 0.0917. The van der Waals surface area contributed by atoms with Gasteiger partial charge in [0.25, 0.3) is 0 Å². The van der Waals surface area contributed by atoms with Crippen molar-refractivity contribution in [1.29, 1.82) is 0 Å². The average molecular weight is 236 g/mol. The quantitative estimate of drug-likeness (QED) is 0.754. The third-order valence-corrected chi connectivity index (χ3v) is 3.04. The number of carbonyl (C=O) groups is 1. The van der Waals surface area contributed by atoms with Crippen LogP contribution in [0.5, 0.6) is 0 Å². The van der Waals surface area contributed by atoms with Gasteiger partial charge < -0.3 is 4.57 Å². The Balaban J connectivity index is 2.34. The molecule has 6 heteroatoms. The minimum Gasteiger partial charge on any atom is -0.331 e. The zero-order valence-electron chi connectivity index (χ0n) is 9.17. The van der Waals surface area contributed by atoms with Gasteiger partial charge in [-0.3, -0.25) is 4.79 Å². The van der Waals surface area contributed by atoms with Crippen LogP contribution in [0.3, 0.4) is 0 Å². The normalized spacial score (nSPS) is 10.6. The van der Waals surface area contributed by atoms with E-state index in [9.17, 15) is 4.79 Å². The molecular formula is C10H12N4OS. The summed E-state index contributed by atoms with van der Waals surface area (Å²) in [4.78, 5) is 16.8. The van der Waals surface area contributed by atoms with Crippen molar-refractivity contribution in [2.75, 3.05) is 0 Å². The smallest absolute Gasteiger partial charge is 0.241 e. The molecule has 0 amide bonds. The molecule has 2 rings (SSSR count). The van der Waals surface area contributed by atoms with Crippen LogP contribution in [0, 0.1) is 0 Å². The van der Waals surface area contributed by atoms with Gasteiger partial charge >= 0.3 is 0 Å². The Labute approximate surface area is 97.3 Å². The number of carbonyl (C=O) groups excluding carboxylic acids is 1. The summed E-state index contributed by atoms with van der Waals surface area (Å²) in [5.41, 5.74) is 0.778. The first-order valence-corrected chi connectivity index (χ1v) is 5.84. The van der Waals surface area contributed by atoms with Gasteiger partial charge in [0.15, 0.2) is 5.82 Å². The summed E-state index contributed by atoms with van der Waals surface area (Å²) in [6.45, 7) is 2.05. The molecule has 0 fully saturated rings. The SMILES string of the molecule is CCCc1nnsc1C(=O)c1nccn1C. The van der Waals surface area contributed by atoms with Gasteiger partial charge in [-0.1, -0.05) is 17.8 Å². The highest BCUT2D eigenvalue weighted by Gasteiger charge is 2.20. The van der Waals surface area contributed by atoms with E-state index in [1.165, 1.54) is 0 Å². The predicted molar refractivity (Wildman–Crippen MR) is 60.5 cm³/mol. The summed E-state index contributed by atoms with van der Waals surface area (Å²) in [6, 6.07) is 0. The predicted octanol–water partition coefficient (Wildman–Crippen LogP) is 1.46. The maximum atomic E-state index is 12.1. The lowest BCUT2D eigenvalue weighted by Gasteiger charge is -1.99. The lowest BCUT2D eigenvalue weighted by Crippen LogP contribution is -2.09. The molecule has 0 unspecified atom stereocenters. The van der Waals surface area contributed by atoms with Crippen LogP contribution >= 0.6 is 11.5 Å². The molecular weight excluding hydrogens is 224 g/mol. The highest BCUT2D eigenvalue weighted by Crippen LogP contribution is 2.16. The first-order valence-electron chi connectivity index (χ1n) is 5.07. The number of hydrogen-bond acceptors (Lipinski definition) is 5. The van der Waals surface area contributed by atoms with E-state index < -0.39 is 0 Å². The van der Waals surface area contributed by atoms with E-state index in [1.807, 2.05) is 6.92 Å². The number of ketones is 1. The second kappa shape index (κ2) is 4.52. The van der Waals surface area contributed by atoms with Crippen LogP contribution < -0.4 is 0 Å². The maximum Gasteiger partial charge on any atom is 0.241 e. The lowest BCUT2D eigenvalue weighted by atomic mass is 10.2. The van der Waals surface area contributed by atoms with Crippen LogP contribution in [-0.4, -0.2) is 24.9 Å². The molecule has 0 atom stereocenters. The Hall–Kier alpha value is -1.56. The Kier molecular flexibility index (Phi) is 3.09. The Bertz CT molecular complexity index is 502. The van der Waals surface area contributed by atoms with Crippen molar-refractivity contribution in [3.05, 3.63) is 28.8 Å². The van der Waals surface area contributed by atoms with Crippen LogP contribution in [0.25, 0.3) is 0 Å². The molecule has 84 valence electrons. The van der Waals surface area contributed by atoms with Crippen molar-refractivity contribution < 1.29 is 4.79 Å². The molecule has 5 nitrogen and oxygen atoms in total. The fourth-order valence-corrected chi connectivity index (χ4v) is 2.11. The molecule has 16 heavy (non-hydrogen) atoms. The van der Waals surface area contributed by atoms with Crippen molar-refractivity contribution >= 4 is 17.3 Å². The summed E-state index contributed by atoms with van der Waals surface area (Å²) in [5.74, 6) is 0.342. The van der Waals surface area contributed by atoms with Crippen LogP contribution in [0.4, 0.5) is 0 Å². The monoisotopic (exact) mass is 236 g/mol. The third kappa shape index (κ3) is 1.88. The molecule has 2 aromatic rings. The molecule has 2 heterocycles. The van der Waals surface area contributed by atoms with Crippen molar-refractivity contribution in [2.45, 2.75) is 19.8 Å². The van der Waals surface area contributed by atoms with Gasteiger partial charge in [-0.15, -0.1) is 5.10 Å². The standard InChI is InChI=1S/C10H12N4OS/c1-3-4-7-9(16-13-12-7)8(15)10-11-5-6-14(10)2/h5-6H,3-4H2,1-2H3. The zero-order chi connectivity index (χ0) is 11.5. The number of nitrogens with zero attached hydrogens (tertiary/aromatic N) is 4. The largest absolute Gasteiger partial charge is 0.331 e. The van der Waals surface area contributed by atoms with Gasteiger partial charge in [0.05, 0.1) is 5.69 Å². The van der Waals surface area contributed by atoms with E-state index in [0.29, 0.717) is 10.7 Å². The highest BCUT2D eigenvalue weighted by molar-refractivity contribution is 7.08. The number of aromatic nitrogens is 4. The first-order chi connectivity index (χ1) is 7.74. The van der Waals surface area contributed by atoms with E-state index in [0.717, 1.165) is 30.1 Å². The summed E-state index contributed by atoms with van der Waals surface area (Å²) in [6.07, 6.45) is 5.09. The number of hydrogen-bond donors (Lipinski definition) is 0. The number of rotatable bonds is 4. The molecule has 2 aromatic heterocycles. The van der Waals surface area contributed by atoms with Crippen molar-refractivity contribution in [3.8, 4) is 0 Å². The molecule has 0 aliphatic carbocycles. The van der Waals surface area contributed by atoms with E-state index in [-0.39, 0.29) is 5.78 Å². The van der Waals surface area contributed by atoms with E-state index >= 15 is 0 Å². The van der Waals surface area contributed by atoms with Gasteiger partial charge in [-0.05, 0) is 18.0 Å². The molecule has 0 saturated heterocycles. The second-order valence-electron chi connectivity index (χ2n) is 3.49. The Morgan fingerprint density at radius 2 is 2.38 bits per heavy atom. The Morgan fingerprint density at radius 3 is 3.00 bits per heavy atom. The van der Waals surface area contributed by atoms with Crippen molar-refractivity contribution in [3.63, 3.8) is 0 Å². The van der Waals surface area contributed by atoms with Gasteiger partial charge in [-0.25, -0.2) is 4.98 Å². The fourth-order valence-electron chi connectivity index (χ4n) is 1.47. The van der Waals surface area contributed by atoms with Crippen LogP contribution in [0.1, 0.15) is 34.5 Å². The third-order valence-electron chi connectivity index (χ3n) is 2.27. The topological polar surface area (TPSA) is 60.7 Å². The molecule has 0 spiro atoms. The van der Waals surface area contributed by atoms with Crippen LogP contribution in [-0.2, 0) is 13.5 Å². The van der Waals surface area contributed by atoms with Crippen LogP contribution in [0.2, 0.25) is 0 Å². The van der Waals surface area contributed by atoms with Gasteiger partial charge in [0.1, 0.15) is 4.88 Å². The summed E-state index contributed by atoms with van der Waals surface area (Å²) >= 11 is 1.14. The average Bonchev–Trinajstić information content (AvgIpc) is 2.87. The fraction of sp³-hybridized carbons (Fsp3) is 0.400. The summed E-state index contributed by atoms with van der Waals surface area (Å²) in [7, 11) is 1.80. The Morgan fingerprint density at radius 1 is 1.56 bits per heavy atom. The number of aryl methyl sites for hydroxylation is 2. The molecule has 0 saturated carbocycles. The zero-order valence-corrected chi connectivity index (χ0v) is 9.99. The van der Waals surface area contributed by atoms with Crippen molar-refractivity contribution in [2.24, 2.45) is 7.05 Å². The molecule has 0 bridgehead atoms. The summed E-state index contributed by atoms with van der Waals surface area (Å²) < 4.78 is 5.54. The molecule has 0 radical (unpaired) electrons. The molecule has 0 N–H and O–H groups in total. The molecule has 0 aliphatic rings. The first kappa shape index (κ1) is 10.9. The van der Waals surface area contributed by atoms with Crippen molar-refractivity contribution in [1.82, 2.24) is 19.1 Å². The van der Waals surface area contributed by atoms with E-state index in [1.54, 1.807) is 24.0 Å². The van der Waals surface area contributed by atoms with Gasteiger partial charge in [-0.2, -0.15) is 0 Å². The summed E-state index contributed by atoms with van der Waals surface area (Å²) in [5, 5.41) is 3.98. The van der Waals surface area contributed by atoms with E-state index in [2.05, 4.69) is 14.6 Å². The maximum absolute atomic E-state index is 12.1.